The maximum Gasteiger partial charge on any atom is 0.227 e. The first kappa shape index (κ1) is 21.5. The molecule has 2 heterocycles. The summed E-state index contributed by atoms with van der Waals surface area (Å²) in [7, 11) is 1.92. The Morgan fingerprint density at radius 1 is 1.12 bits per heavy atom. The van der Waals surface area contributed by atoms with Gasteiger partial charge >= 0.3 is 0 Å². The lowest BCUT2D eigenvalue weighted by atomic mass is 9.99. The zero-order chi connectivity index (χ0) is 22.7. The fraction of sp³-hybridized carbons (Fsp3) is 0.240. The fourth-order valence-corrected chi connectivity index (χ4v) is 3.67. The number of benzene rings is 2. The van der Waals surface area contributed by atoms with Crippen molar-refractivity contribution >= 4 is 5.91 Å². The Kier molecular flexibility index (Phi) is 6.16. The van der Waals surface area contributed by atoms with Gasteiger partial charge < -0.3 is 9.88 Å². The number of rotatable bonds is 7. The van der Waals surface area contributed by atoms with Crippen molar-refractivity contribution in [2.24, 2.45) is 7.05 Å². The van der Waals surface area contributed by atoms with E-state index in [2.05, 4.69) is 15.4 Å². The molecule has 1 unspecified atom stereocenters. The standard InChI is InChI=1S/C25H26FN5O/c1-17-4-6-19(7-5-17)18(2)25(32)28-13-15-31-23(24-27-12-14-30(24)3)22(16-29-31)20-8-10-21(26)11-9-20/h4-12,14,16,18H,13,15H2,1-3H3,(H,28,32). The molecule has 4 aromatic rings. The molecule has 6 nitrogen and oxygen atoms in total. The minimum Gasteiger partial charge on any atom is -0.354 e. The van der Waals surface area contributed by atoms with Gasteiger partial charge in [0.05, 0.1) is 18.7 Å². The van der Waals surface area contributed by atoms with E-state index in [1.807, 2.05) is 60.6 Å². The summed E-state index contributed by atoms with van der Waals surface area (Å²) in [4.78, 5) is 17.1. The summed E-state index contributed by atoms with van der Waals surface area (Å²) < 4.78 is 17.2. The van der Waals surface area contributed by atoms with E-state index >= 15 is 0 Å². The van der Waals surface area contributed by atoms with Gasteiger partial charge in [0, 0.05) is 31.5 Å². The Hall–Kier alpha value is -3.74. The molecule has 0 aliphatic rings. The summed E-state index contributed by atoms with van der Waals surface area (Å²) in [6.07, 6.45) is 5.35. The van der Waals surface area contributed by atoms with E-state index in [0.717, 1.165) is 28.2 Å². The molecule has 164 valence electrons. The van der Waals surface area contributed by atoms with E-state index in [4.69, 9.17) is 0 Å². The second kappa shape index (κ2) is 9.18. The molecule has 0 fully saturated rings. The van der Waals surface area contributed by atoms with Crippen LogP contribution >= 0.6 is 0 Å². The molecular formula is C25H26FN5O. The van der Waals surface area contributed by atoms with Crippen LogP contribution in [0.15, 0.2) is 67.1 Å². The number of nitrogens with one attached hydrogen (secondary N) is 1. The third-order valence-electron chi connectivity index (χ3n) is 5.62. The Morgan fingerprint density at radius 2 is 1.84 bits per heavy atom. The van der Waals surface area contributed by atoms with Crippen LogP contribution < -0.4 is 5.32 Å². The first-order valence-electron chi connectivity index (χ1n) is 10.6. The third-order valence-corrected chi connectivity index (χ3v) is 5.62. The average molecular weight is 432 g/mol. The predicted octanol–water partition coefficient (Wildman–Crippen LogP) is 4.32. The van der Waals surface area contributed by atoms with Crippen LogP contribution in [0, 0.1) is 12.7 Å². The second-order valence-corrected chi connectivity index (χ2v) is 7.92. The number of carbonyl (C=O) groups is 1. The van der Waals surface area contributed by atoms with E-state index < -0.39 is 0 Å². The van der Waals surface area contributed by atoms with E-state index in [-0.39, 0.29) is 17.6 Å². The Bertz CT molecular complexity index is 1210. The van der Waals surface area contributed by atoms with Gasteiger partial charge in [-0.1, -0.05) is 42.0 Å². The minimum atomic E-state index is -0.287. The van der Waals surface area contributed by atoms with Crippen molar-refractivity contribution in [3.05, 3.63) is 84.1 Å². The van der Waals surface area contributed by atoms with Gasteiger partial charge in [0.25, 0.3) is 0 Å². The zero-order valence-electron chi connectivity index (χ0n) is 18.4. The third kappa shape index (κ3) is 4.46. The van der Waals surface area contributed by atoms with Gasteiger partial charge in [-0.2, -0.15) is 5.10 Å². The van der Waals surface area contributed by atoms with Crippen LogP contribution in [0.1, 0.15) is 24.0 Å². The van der Waals surface area contributed by atoms with Crippen LogP contribution in [0.3, 0.4) is 0 Å². The summed E-state index contributed by atoms with van der Waals surface area (Å²) in [5, 5.41) is 7.55. The van der Waals surface area contributed by atoms with Gasteiger partial charge in [-0.25, -0.2) is 9.37 Å². The highest BCUT2D eigenvalue weighted by Gasteiger charge is 2.19. The van der Waals surface area contributed by atoms with E-state index in [9.17, 15) is 9.18 Å². The van der Waals surface area contributed by atoms with Gasteiger partial charge in [0.2, 0.25) is 5.91 Å². The number of amides is 1. The number of aromatic nitrogens is 4. The lowest BCUT2D eigenvalue weighted by molar-refractivity contribution is -0.122. The molecule has 32 heavy (non-hydrogen) atoms. The number of halogens is 1. The highest BCUT2D eigenvalue weighted by Crippen LogP contribution is 2.31. The normalized spacial score (nSPS) is 12.0. The number of aryl methyl sites for hydroxylation is 2. The molecule has 2 aromatic carbocycles. The molecule has 1 amide bonds. The van der Waals surface area contributed by atoms with Crippen molar-refractivity contribution in [3.63, 3.8) is 0 Å². The Balaban J connectivity index is 1.52. The summed E-state index contributed by atoms with van der Waals surface area (Å²) >= 11 is 0. The molecule has 1 atom stereocenters. The maximum atomic E-state index is 13.4. The molecule has 0 bridgehead atoms. The van der Waals surface area contributed by atoms with Crippen LogP contribution in [0.25, 0.3) is 22.6 Å². The summed E-state index contributed by atoms with van der Waals surface area (Å²) in [5.41, 5.74) is 4.69. The zero-order valence-corrected chi connectivity index (χ0v) is 18.4. The number of hydrogen-bond acceptors (Lipinski definition) is 3. The van der Waals surface area contributed by atoms with Crippen LogP contribution in [0.4, 0.5) is 4.39 Å². The molecule has 2 aromatic heterocycles. The highest BCUT2D eigenvalue weighted by molar-refractivity contribution is 5.83. The molecule has 0 saturated carbocycles. The van der Waals surface area contributed by atoms with Gasteiger partial charge in [-0.15, -0.1) is 0 Å². The number of imidazole rings is 1. The Morgan fingerprint density at radius 3 is 2.50 bits per heavy atom. The summed E-state index contributed by atoms with van der Waals surface area (Å²) in [5.74, 6) is 0.196. The number of nitrogens with zero attached hydrogens (tertiary/aromatic N) is 4. The molecule has 0 radical (unpaired) electrons. The van der Waals surface area contributed by atoms with Crippen molar-refractivity contribution in [2.75, 3.05) is 6.54 Å². The predicted molar refractivity (Wildman–Crippen MR) is 122 cm³/mol. The van der Waals surface area contributed by atoms with Crippen LogP contribution in [-0.4, -0.2) is 31.8 Å². The number of hydrogen-bond donors (Lipinski definition) is 1. The molecule has 4 rings (SSSR count). The largest absolute Gasteiger partial charge is 0.354 e. The molecule has 0 aliphatic heterocycles. The summed E-state index contributed by atoms with van der Waals surface area (Å²) in [6, 6.07) is 14.3. The van der Waals surface area contributed by atoms with Gasteiger partial charge in [0.15, 0.2) is 5.82 Å². The van der Waals surface area contributed by atoms with E-state index in [1.165, 1.54) is 17.7 Å². The van der Waals surface area contributed by atoms with Gasteiger partial charge in [-0.05, 0) is 37.1 Å². The van der Waals surface area contributed by atoms with Crippen molar-refractivity contribution < 1.29 is 9.18 Å². The number of carbonyl (C=O) groups excluding carboxylic acids is 1. The SMILES string of the molecule is Cc1ccc(C(C)C(=O)NCCn2ncc(-c3ccc(F)cc3)c2-c2nccn2C)cc1. The van der Waals surface area contributed by atoms with Crippen molar-refractivity contribution in [1.82, 2.24) is 24.6 Å². The fourth-order valence-electron chi connectivity index (χ4n) is 3.67. The van der Waals surface area contributed by atoms with E-state index in [0.29, 0.717) is 13.1 Å². The minimum absolute atomic E-state index is 0.0293. The van der Waals surface area contributed by atoms with Crippen molar-refractivity contribution in [3.8, 4) is 22.6 Å². The van der Waals surface area contributed by atoms with E-state index in [1.54, 1.807) is 24.5 Å². The first-order chi connectivity index (χ1) is 15.4. The lowest BCUT2D eigenvalue weighted by Gasteiger charge is -2.14. The van der Waals surface area contributed by atoms with Gasteiger partial charge in [0.1, 0.15) is 11.5 Å². The molecule has 0 aliphatic carbocycles. The smallest absolute Gasteiger partial charge is 0.227 e. The second-order valence-electron chi connectivity index (χ2n) is 7.92. The van der Waals surface area contributed by atoms with Crippen LogP contribution in [-0.2, 0) is 18.4 Å². The monoisotopic (exact) mass is 431 g/mol. The van der Waals surface area contributed by atoms with Crippen LogP contribution in [0.2, 0.25) is 0 Å². The van der Waals surface area contributed by atoms with Gasteiger partial charge in [-0.3, -0.25) is 9.48 Å². The quantitative estimate of drug-likeness (QED) is 0.474. The molecular weight excluding hydrogens is 405 g/mol. The maximum absolute atomic E-state index is 13.4. The topological polar surface area (TPSA) is 64.7 Å². The molecule has 0 spiro atoms. The van der Waals surface area contributed by atoms with Crippen molar-refractivity contribution in [1.29, 1.82) is 0 Å². The first-order valence-corrected chi connectivity index (χ1v) is 10.6. The van der Waals surface area contributed by atoms with Crippen molar-refractivity contribution in [2.45, 2.75) is 26.3 Å². The van der Waals surface area contributed by atoms with Crippen LogP contribution in [0.5, 0.6) is 0 Å². The molecule has 1 N–H and O–H groups in total. The lowest BCUT2D eigenvalue weighted by Crippen LogP contribution is -2.31. The average Bonchev–Trinajstić information content (AvgIpc) is 3.40. The molecule has 7 heteroatoms. The highest BCUT2D eigenvalue weighted by atomic mass is 19.1. The molecule has 0 saturated heterocycles. The summed E-state index contributed by atoms with van der Waals surface area (Å²) in [6.45, 7) is 4.84. The Labute approximate surface area is 186 Å².